The first-order valence-electron chi connectivity index (χ1n) is 5.87. The minimum Gasteiger partial charge on any atom is -0.492 e. The molecule has 0 spiro atoms. The van der Waals surface area contributed by atoms with Crippen LogP contribution in [0, 0.1) is 12.3 Å². The number of ether oxygens (including phenoxy) is 1. The number of Topliss-reactive ketones (excluding diaryl/α,β-unsaturated/α-hetero) is 1. The molecule has 0 bridgehead atoms. The summed E-state index contributed by atoms with van der Waals surface area (Å²) in [7, 11) is 0. The smallest absolute Gasteiger partial charge is 0.163 e. The van der Waals surface area contributed by atoms with Gasteiger partial charge in [-0.15, -0.1) is 0 Å². The van der Waals surface area contributed by atoms with Crippen LogP contribution in [-0.4, -0.2) is 17.7 Å². The van der Waals surface area contributed by atoms with Gasteiger partial charge in [-0.3, -0.25) is 4.79 Å². The zero-order valence-corrected chi connectivity index (χ0v) is 11.8. The summed E-state index contributed by atoms with van der Waals surface area (Å²) in [6, 6.07) is 5.78. The predicted octanol–water partition coefficient (Wildman–Crippen LogP) is 3.75. The third-order valence-corrected chi connectivity index (χ3v) is 4.48. The number of benzene rings is 1. The number of aryl methyl sites for hydroxylation is 1. The van der Waals surface area contributed by atoms with Crippen LogP contribution in [0.5, 0.6) is 5.75 Å². The quantitative estimate of drug-likeness (QED) is 0.611. The van der Waals surface area contributed by atoms with E-state index < -0.39 is 0 Å². The standard InChI is InChI=1S/C14H17BrO2/c1-10-3-4-13(12(7-10)11(2)16)17-9-14(8-15)5-6-14/h3-4,7H,5-6,8-9H2,1-2H3. The van der Waals surface area contributed by atoms with Gasteiger partial charge in [-0.2, -0.15) is 0 Å². The second kappa shape index (κ2) is 4.81. The van der Waals surface area contributed by atoms with E-state index >= 15 is 0 Å². The molecule has 17 heavy (non-hydrogen) atoms. The van der Waals surface area contributed by atoms with Crippen molar-refractivity contribution < 1.29 is 9.53 Å². The van der Waals surface area contributed by atoms with E-state index in [2.05, 4.69) is 15.9 Å². The number of hydrogen-bond acceptors (Lipinski definition) is 2. The summed E-state index contributed by atoms with van der Waals surface area (Å²) < 4.78 is 5.82. The Kier molecular flexibility index (Phi) is 3.57. The lowest BCUT2D eigenvalue weighted by Crippen LogP contribution is -2.15. The third kappa shape index (κ3) is 2.89. The van der Waals surface area contributed by atoms with E-state index in [1.807, 2.05) is 25.1 Å². The summed E-state index contributed by atoms with van der Waals surface area (Å²) in [5.74, 6) is 0.780. The highest BCUT2D eigenvalue weighted by atomic mass is 79.9. The average Bonchev–Trinajstić information content (AvgIpc) is 3.08. The summed E-state index contributed by atoms with van der Waals surface area (Å²) in [6.45, 7) is 4.26. The van der Waals surface area contributed by atoms with Crippen LogP contribution in [0.4, 0.5) is 0 Å². The second-order valence-corrected chi connectivity index (χ2v) is 5.54. The molecule has 3 heteroatoms. The van der Waals surface area contributed by atoms with Crippen LogP contribution < -0.4 is 4.74 Å². The molecule has 0 aliphatic heterocycles. The largest absolute Gasteiger partial charge is 0.492 e. The van der Waals surface area contributed by atoms with Crippen molar-refractivity contribution in [2.75, 3.05) is 11.9 Å². The number of rotatable bonds is 5. The Morgan fingerprint density at radius 2 is 2.18 bits per heavy atom. The van der Waals surface area contributed by atoms with E-state index in [4.69, 9.17) is 4.74 Å². The van der Waals surface area contributed by atoms with Gasteiger partial charge in [0.1, 0.15) is 5.75 Å². The van der Waals surface area contributed by atoms with E-state index in [-0.39, 0.29) is 5.78 Å². The zero-order chi connectivity index (χ0) is 12.5. The minimum absolute atomic E-state index is 0.0624. The molecule has 0 aromatic heterocycles. The molecule has 1 saturated carbocycles. The molecule has 0 radical (unpaired) electrons. The Hall–Kier alpha value is -0.830. The number of alkyl halides is 1. The fourth-order valence-corrected chi connectivity index (χ4v) is 2.49. The van der Waals surface area contributed by atoms with Crippen molar-refractivity contribution in [3.63, 3.8) is 0 Å². The van der Waals surface area contributed by atoms with E-state index in [0.717, 1.165) is 16.6 Å². The Morgan fingerprint density at radius 1 is 1.47 bits per heavy atom. The number of carbonyl (C=O) groups excluding carboxylic acids is 1. The molecule has 1 fully saturated rings. The van der Waals surface area contributed by atoms with E-state index in [9.17, 15) is 4.79 Å². The fourth-order valence-electron chi connectivity index (χ4n) is 1.77. The third-order valence-electron chi connectivity index (χ3n) is 3.29. The molecule has 1 aromatic rings. The van der Waals surface area contributed by atoms with Gasteiger partial charge in [0.15, 0.2) is 5.78 Å². The van der Waals surface area contributed by atoms with Gasteiger partial charge in [-0.05, 0) is 38.8 Å². The maximum absolute atomic E-state index is 11.5. The van der Waals surface area contributed by atoms with Gasteiger partial charge in [0.05, 0.1) is 12.2 Å². The van der Waals surface area contributed by atoms with Crippen LogP contribution in [-0.2, 0) is 0 Å². The van der Waals surface area contributed by atoms with Crippen molar-refractivity contribution in [1.29, 1.82) is 0 Å². The summed E-state index contributed by atoms with van der Waals surface area (Å²) in [4.78, 5) is 11.5. The minimum atomic E-state index is 0.0624. The Bertz CT molecular complexity index is 436. The van der Waals surface area contributed by atoms with Crippen LogP contribution >= 0.6 is 15.9 Å². The number of ketones is 1. The average molecular weight is 297 g/mol. The van der Waals surface area contributed by atoms with Crippen molar-refractivity contribution in [2.24, 2.45) is 5.41 Å². The van der Waals surface area contributed by atoms with Crippen molar-refractivity contribution in [1.82, 2.24) is 0 Å². The predicted molar refractivity (Wildman–Crippen MR) is 72.1 cm³/mol. The van der Waals surface area contributed by atoms with E-state index in [1.54, 1.807) is 6.92 Å². The van der Waals surface area contributed by atoms with Crippen LogP contribution in [0.3, 0.4) is 0 Å². The lowest BCUT2D eigenvalue weighted by atomic mass is 10.1. The van der Waals surface area contributed by atoms with Gasteiger partial charge in [0.2, 0.25) is 0 Å². The fraction of sp³-hybridized carbons (Fsp3) is 0.500. The first kappa shape index (κ1) is 12.6. The SMILES string of the molecule is CC(=O)c1cc(C)ccc1OCC1(CBr)CC1. The lowest BCUT2D eigenvalue weighted by molar-refractivity contribution is 0.101. The molecule has 1 aromatic carbocycles. The second-order valence-electron chi connectivity index (χ2n) is 4.98. The monoisotopic (exact) mass is 296 g/mol. The van der Waals surface area contributed by atoms with Gasteiger partial charge in [0.25, 0.3) is 0 Å². The van der Waals surface area contributed by atoms with Crippen LogP contribution in [0.25, 0.3) is 0 Å². The summed E-state index contributed by atoms with van der Waals surface area (Å²) in [6.07, 6.45) is 2.42. The van der Waals surface area contributed by atoms with Crippen molar-refractivity contribution in [3.8, 4) is 5.75 Å². The van der Waals surface area contributed by atoms with Crippen molar-refractivity contribution in [3.05, 3.63) is 29.3 Å². The maximum Gasteiger partial charge on any atom is 0.163 e. The molecule has 2 rings (SSSR count). The molecule has 2 nitrogen and oxygen atoms in total. The summed E-state index contributed by atoms with van der Waals surface area (Å²) in [5, 5.41) is 0.973. The zero-order valence-electron chi connectivity index (χ0n) is 10.3. The van der Waals surface area contributed by atoms with Gasteiger partial charge in [0, 0.05) is 10.7 Å². The molecular formula is C14H17BrO2. The topological polar surface area (TPSA) is 26.3 Å². The Balaban J connectivity index is 2.12. The van der Waals surface area contributed by atoms with Crippen LogP contribution in [0.15, 0.2) is 18.2 Å². The van der Waals surface area contributed by atoms with Crippen LogP contribution in [0.2, 0.25) is 0 Å². The van der Waals surface area contributed by atoms with Gasteiger partial charge >= 0.3 is 0 Å². The van der Waals surface area contributed by atoms with Crippen molar-refractivity contribution in [2.45, 2.75) is 26.7 Å². The number of halogens is 1. The first-order valence-corrected chi connectivity index (χ1v) is 6.99. The highest BCUT2D eigenvalue weighted by Gasteiger charge is 2.42. The van der Waals surface area contributed by atoms with Gasteiger partial charge < -0.3 is 4.74 Å². The van der Waals surface area contributed by atoms with Crippen molar-refractivity contribution >= 4 is 21.7 Å². The maximum atomic E-state index is 11.5. The summed E-state index contributed by atoms with van der Waals surface area (Å²) >= 11 is 3.52. The van der Waals surface area contributed by atoms with Gasteiger partial charge in [-0.1, -0.05) is 27.6 Å². The Labute approximate surface area is 110 Å². The molecule has 0 amide bonds. The number of carbonyl (C=O) groups is 1. The van der Waals surface area contributed by atoms with Gasteiger partial charge in [-0.25, -0.2) is 0 Å². The molecule has 0 heterocycles. The first-order chi connectivity index (χ1) is 8.06. The summed E-state index contributed by atoms with van der Waals surface area (Å²) in [5.41, 5.74) is 2.08. The molecule has 0 saturated heterocycles. The highest BCUT2D eigenvalue weighted by molar-refractivity contribution is 9.09. The molecule has 0 unspecified atom stereocenters. The molecule has 1 aliphatic rings. The molecular weight excluding hydrogens is 280 g/mol. The van der Waals surface area contributed by atoms with E-state index in [1.165, 1.54) is 12.8 Å². The molecule has 1 aliphatic carbocycles. The lowest BCUT2D eigenvalue weighted by Gasteiger charge is -2.15. The highest BCUT2D eigenvalue weighted by Crippen LogP contribution is 2.47. The molecule has 0 atom stereocenters. The molecule has 0 N–H and O–H groups in total. The van der Waals surface area contributed by atoms with Crippen LogP contribution in [0.1, 0.15) is 35.7 Å². The normalized spacial score (nSPS) is 16.6. The van der Waals surface area contributed by atoms with E-state index in [0.29, 0.717) is 17.6 Å². The Morgan fingerprint density at radius 3 is 2.71 bits per heavy atom. The molecule has 92 valence electrons. The number of hydrogen-bond donors (Lipinski definition) is 0.